The van der Waals surface area contributed by atoms with Crippen LogP contribution in [-0.2, 0) is 25.2 Å². The van der Waals surface area contributed by atoms with E-state index in [4.69, 9.17) is 4.74 Å². The molecule has 0 bridgehead atoms. The van der Waals surface area contributed by atoms with Crippen molar-refractivity contribution in [2.75, 3.05) is 6.61 Å². The van der Waals surface area contributed by atoms with Crippen molar-refractivity contribution in [2.45, 2.75) is 59.3 Å². The molecule has 0 aliphatic rings. The Morgan fingerprint density at radius 2 is 1.83 bits per heavy atom. The van der Waals surface area contributed by atoms with Crippen LogP contribution in [0.3, 0.4) is 0 Å². The third-order valence-electron chi connectivity index (χ3n) is 6.25. The molecule has 0 aliphatic carbocycles. The summed E-state index contributed by atoms with van der Waals surface area (Å²) in [5.74, 6) is 1.17. The molecule has 1 N–H and O–H groups in total. The van der Waals surface area contributed by atoms with Crippen LogP contribution in [0.2, 0.25) is 0 Å². The predicted octanol–water partition coefficient (Wildman–Crippen LogP) is 4.40. The van der Waals surface area contributed by atoms with Crippen molar-refractivity contribution >= 4 is 10.9 Å². The number of ether oxygens (including phenoxy) is 1. The molecule has 184 valence electrons. The van der Waals surface area contributed by atoms with Crippen LogP contribution >= 0.6 is 0 Å². The average molecular weight is 479 g/mol. The standard InChI is InChI=1S/C26H31FN6O2/c1-5-26(3,4)33-24(29-30-31-33)17-32(15-18-7-9-21(27)10-8-18)16-20-13-19-14-22(35-6-2)11-12-23(19)28-25(20)34/h7-14H,5-6,15-17H2,1-4H3,(H,28,34). The lowest BCUT2D eigenvalue weighted by molar-refractivity contribution is 0.217. The largest absolute Gasteiger partial charge is 0.494 e. The Kier molecular flexibility index (Phi) is 7.25. The first-order valence-corrected chi connectivity index (χ1v) is 11.8. The number of fused-ring (bicyclic) bond motifs is 1. The van der Waals surface area contributed by atoms with Gasteiger partial charge in [-0.1, -0.05) is 19.1 Å². The van der Waals surface area contributed by atoms with Crippen molar-refractivity contribution in [3.05, 3.63) is 81.7 Å². The van der Waals surface area contributed by atoms with E-state index in [0.717, 1.165) is 28.6 Å². The molecule has 0 unspecified atom stereocenters. The Balaban J connectivity index is 1.68. The van der Waals surface area contributed by atoms with Gasteiger partial charge in [0.2, 0.25) is 0 Å². The van der Waals surface area contributed by atoms with Crippen LogP contribution in [0.25, 0.3) is 10.9 Å². The molecular weight excluding hydrogens is 447 g/mol. The Morgan fingerprint density at radius 3 is 2.54 bits per heavy atom. The van der Waals surface area contributed by atoms with Gasteiger partial charge in [-0.05, 0) is 79.6 Å². The summed E-state index contributed by atoms with van der Waals surface area (Å²) < 4.78 is 20.9. The molecule has 0 fully saturated rings. The highest BCUT2D eigenvalue weighted by Gasteiger charge is 2.25. The summed E-state index contributed by atoms with van der Waals surface area (Å²) >= 11 is 0. The quantitative estimate of drug-likeness (QED) is 0.363. The minimum Gasteiger partial charge on any atom is -0.494 e. The lowest BCUT2D eigenvalue weighted by atomic mass is 10.0. The Bertz CT molecular complexity index is 1350. The van der Waals surface area contributed by atoms with Crippen LogP contribution in [0, 0.1) is 5.82 Å². The zero-order valence-corrected chi connectivity index (χ0v) is 20.6. The van der Waals surface area contributed by atoms with Crippen LogP contribution in [0.1, 0.15) is 51.1 Å². The summed E-state index contributed by atoms with van der Waals surface area (Å²) in [7, 11) is 0. The lowest BCUT2D eigenvalue weighted by Gasteiger charge is -2.27. The number of tetrazole rings is 1. The maximum absolute atomic E-state index is 13.5. The first-order chi connectivity index (χ1) is 16.8. The predicted molar refractivity (Wildman–Crippen MR) is 133 cm³/mol. The van der Waals surface area contributed by atoms with Crippen LogP contribution in [-0.4, -0.2) is 36.7 Å². The number of halogens is 1. The molecule has 2 aromatic carbocycles. The number of nitrogens with zero attached hydrogens (tertiary/aromatic N) is 5. The maximum atomic E-state index is 13.5. The van der Waals surface area contributed by atoms with Crippen LogP contribution in [0.4, 0.5) is 4.39 Å². The van der Waals surface area contributed by atoms with E-state index in [1.165, 1.54) is 12.1 Å². The number of nitrogens with one attached hydrogen (secondary N) is 1. The molecule has 2 aromatic heterocycles. The summed E-state index contributed by atoms with van der Waals surface area (Å²) in [6.45, 7) is 10.0. The minimum atomic E-state index is -0.287. The van der Waals surface area contributed by atoms with Gasteiger partial charge in [0.05, 0.1) is 18.7 Å². The molecule has 4 aromatic rings. The second-order valence-electron chi connectivity index (χ2n) is 9.25. The second-order valence-corrected chi connectivity index (χ2v) is 9.25. The zero-order chi connectivity index (χ0) is 25.0. The van der Waals surface area contributed by atoms with Gasteiger partial charge in [0, 0.05) is 29.6 Å². The molecule has 35 heavy (non-hydrogen) atoms. The molecule has 9 heteroatoms. The van der Waals surface area contributed by atoms with Gasteiger partial charge in [-0.3, -0.25) is 9.69 Å². The number of benzene rings is 2. The monoisotopic (exact) mass is 478 g/mol. The third kappa shape index (κ3) is 5.74. The highest BCUT2D eigenvalue weighted by Crippen LogP contribution is 2.22. The van der Waals surface area contributed by atoms with Crippen LogP contribution in [0.15, 0.2) is 53.3 Å². The fraction of sp³-hybridized carbons (Fsp3) is 0.385. The van der Waals surface area contributed by atoms with Crippen molar-refractivity contribution < 1.29 is 9.13 Å². The van der Waals surface area contributed by atoms with E-state index in [-0.39, 0.29) is 16.9 Å². The van der Waals surface area contributed by atoms with Gasteiger partial charge in [0.15, 0.2) is 5.82 Å². The number of rotatable bonds is 10. The number of H-pyrrole nitrogens is 1. The molecule has 0 spiro atoms. The maximum Gasteiger partial charge on any atom is 0.252 e. The molecule has 0 aliphatic heterocycles. The first kappa shape index (κ1) is 24.5. The molecule has 8 nitrogen and oxygen atoms in total. The fourth-order valence-corrected chi connectivity index (χ4v) is 3.98. The van der Waals surface area contributed by atoms with Gasteiger partial charge in [0.1, 0.15) is 11.6 Å². The lowest BCUT2D eigenvalue weighted by Crippen LogP contribution is -2.32. The molecule has 4 rings (SSSR count). The first-order valence-electron chi connectivity index (χ1n) is 11.8. The number of aromatic nitrogens is 5. The van der Waals surface area contributed by atoms with Crippen molar-refractivity contribution in [2.24, 2.45) is 0 Å². The number of pyridine rings is 1. The van der Waals surface area contributed by atoms with E-state index < -0.39 is 0 Å². The van der Waals surface area contributed by atoms with E-state index >= 15 is 0 Å². The second kappa shape index (κ2) is 10.4. The van der Waals surface area contributed by atoms with Gasteiger partial charge in [-0.15, -0.1) is 5.10 Å². The van der Waals surface area contributed by atoms with Gasteiger partial charge < -0.3 is 9.72 Å². The summed E-state index contributed by atoms with van der Waals surface area (Å²) in [5.41, 5.74) is 1.88. The molecule has 2 heterocycles. The van der Waals surface area contributed by atoms with Gasteiger partial charge in [-0.25, -0.2) is 9.07 Å². The summed E-state index contributed by atoms with van der Waals surface area (Å²) in [4.78, 5) is 18.0. The summed E-state index contributed by atoms with van der Waals surface area (Å²) in [6.07, 6.45) is 0.857. The molecular formula is C26H31FN6O2. The molecule has 0 saturated heterocycles. The van der Waals surface area contributed by atoms with Crippen molar-refractivity contribution in [1.82, 2.24) is 30.1 Å². The smallest absolute Gasteiger partial charge is 0.252 e. The highest BCUT2D eigenvalue weighted by molar-refractivity contribution is 5.80. The summed E-state index contributed by atoms with van der Waals surface area (Å²) in [5, 5.41) is 13.3. The average Bonchev–Trinajstić information content (AvgIpc) is 3.30. The van der Waals surface area contributed by atoms with Gasteiger partial charge >= 0.3 is 0 Å². The zero-order valence-electron chi connectivity index (χ0n) is 20.6. The van der Waals surface area contributed by atoms with E-state index in [0.29, 0.717) is 37.6 Å². The Labute approximate surface area is 203 Å². The SMILES string of the molecule is CCOc1ccc2[nH]c(=O)c(CN(Cc3ccc(F)cc3)Cc3nnnn3C(C)(C)CC)cc2c1. The topological polar surface area (TPSA) is 88.9 Å². The third-order valence-corrected chi connectivity index (χ3v) is 6.25. The molecule has 0 atom stereocenters. The van der Waals surface area contributed by atoms with Crippen LogP contribution < -0.4 is 10.3 Å². The normalized spacial score (nSPS) is 11.9. The fourth-order valence-electron chi connectivity index (χ4n) is 3.98. The van der Waals surface area contributed by atoms with E-state index in [9.17, 15) is 9.18 Å². The van der Waals surface area contributed by atoms with E-state index in [2.05, 4.69) is 46.2 Å². The van der Waals surface area contributed by atoms with E-state index in [1.807, 2.05) is 35.9 Å². The number of hydrogen-bond acceptors (Lipinski definition) is 6. The Hall–Kier alpha value is -3.59. The molecule has 0 saturated carbocycles. The highest BCUT2D eigenvalue weighted by atomic mass is 19.1. The number of hydrogen-bond donors (Lipinski definition) is 1. The molecule has 0 radical (unpaired) electrons. The van der Waals surface area contributed by atoms with Crippen molar-refractivity contribution in [3.8, 4) is 5.75 Å². The summed E-state index contributed by atoms with van der Waals surface area (Å²) in [6, 6.07) is 13.9. The Morgan fingerprint density at radius 1 is 1.06 bits per heavy atom. The van der Waals surface area contributed by atoms with Gasteiger partial charge in [0.25, 0.3) is 5.56 Å². The van der Waals surface area contributed by atoms with Crippen molar-refractivity contribution in [1.29, 1.82) is 0 Å². The van der Waals surface area contributed by atoms with Crippen molar-refractivity contribution in [3.63, 3.8) is 0 Å². The minimum absolute atomic E-state index is 0.153. The van der Waals surface area contributed by atoms with Crippen LogP contribution in [0.5, 0.6) is 5.75 Å². The van der Waals surface area contributed by atoms with E-state index in [1.54, 1.807) is 12.1 Å². The van der Waals surface area contributed by atoms with Gasteiger partial charge in [-0.2, -0.15) is 0 Å². The molecule has 0 amide bonds. The number of aromatic amines is 1.